The van der Waals surface area contributed by atoms with Gasteiger partial charge >= 0.3 is 6.18 Å². The highest BCUT2D eigenvalue weighted by atomic mass is 19.4. The Morgan fingerprint density at radius 2 is 2.19 bits per heavy atom. The lowest BCUT2D eigenvalue weighted by atomic mass is 10.2. The number of anilines is 1. The molecule has 3 aromatic rings. The van der Waals surface area contributed by atoms with E-state index < -0.39 is 11.9 Å². The van der Waals surface area contributed by atoms with Crippen molar-refractivity contribution in [2.75, 3.05) is 18.5 Å². The Labute approximate surface area is 151 Å². The highest BCUT2D eigenvalue weighted by Crippen LogP contribution is 2.29. The minimum atomic E-state index is -4.58. The predicted molar refractivity (Wildman–Crippen MR) is 87.2 cm³/mol. The van der Waals surface area contributed by atoms with Gasteiger partial charge in [0, 0.05) is 31.3 Å². The summed E-state index contributed by atoms with van der Waals surface area (Å²) in [5.41, 5.74) is -0.247. The molecule has 1 unspecified atom stereocenters. The number of nitrogens with one attached hydrogen (secondary N) is 1. The molecule has 0 radical (unpaired) electrons. The molecule has 27 heavy (non-hydrogen) atoms. The van der Waals surface area contributed by atoms with Gasteiger partial charge in [0.05, 0.1) is 13.2 Å². The van der Waals surface area contributed by atoms with Crippen molar-refractivity contribution >= 4 is 11.6 Å². The van der Waals surface area contributed by atoms with Gasteiger partial charge in [-0.2, -0.15) is 27.8 Å². The summed E-state index contributed by atoms with van der Waals surface area (Å²) >= 11 is 0. The van der Waals surface area contributed by atoms with Gasteiger partial charge in [0.1, 0.15) is 18.2 Å². The molecule has 0 amide bonds. The van der Waals surface area contributed by atoms with E-state index in [0.717, 1.165) is 24.4 Å². The maximum Gasteiger partial charge on any atom is 0.433 e. The van der Waals surface area contributed by atoms with Crippen molar-refractivity contribution in [1.29, 1.82) is 0 Å². The number of halogens is 3. The monoisotopic (exact) mass is 380 g/mol. The van der Waals surface area contributed by atoms with Crippen LogP contribution in [0.2, 0.25) is 0 Å². The number of hydrogen-bond acceptors (Lipinski definition) is 7. The van der Waals surface area contributed by atoms with Crippen LogP contribution < -0.4 is 10.1 Å². The first-order valence-electron chi connectivity index (χ1n) is 8.20. The van der Waals surface area contributed by atoms with Gasteiger partial charge in [-0.25, -0.2) is 9.97 Å². The van der Waals surface area contributed by atoms with E-state index in [1.807, 2.05) is 0 Å². The molecular weight excluding hydrogens is 365 g/mol. The van der Waals surface area contributed by atoms with Crippen LogP contribution in [0.25, 0.3) is 5.78 Å². The van der Waals surface area contributed by atoms with E-state index in [-0.39, 0.29) is 24.2 Å². The average Bonchev–Trinajstić information content (AvgIpc) is 3.30. The lowest BCUT2D eigenvalue weighted by Crippen LogP contribution is -2.16. The number of ether oxygens (including phenoxy) is 2. The van der Waals surface area contributed by atoms with Crippen LogP contribution in [0.4, 0.5) is 19.0 Å². The predicted octanol–water partition coefficient (Wildman–Crippen LogP) is 2.32. The van der Waals surface area contributed by atoms with Crippen molar-refractivity contribution in [2.24, 2.45) is 0 Å². The standard InChI is InChI=1S/C16H15F3N6O2/c17-16(18,19)12-6-13(25-15(24-12)22-9-23-25)21-7-10-1-3-20-14(5-10)27-11-2-4-26-8-11/h1,3,5-6,9,11,21H,2,4,7-8H2. The second-order valence-corrected chi connectivity index (χ2v) is 5.96. The van der Waals surface area contributed by atoms with E-state index >= 15 is 0 Å². The molecule has 1 aliphatic heterocycles. The molecule has 4 heterocycles. The molecule has 0 spiro atoms. The molecule has 1 fully saturated rings. The van der Waals surface area contributed by atoms with Crippen LogP contribution in [0, 0.1) is 0 Å². The molecular formula is C16H15F3N6O2. The molecule has 3 aromatic heterocycles. The Balaban J connectivity index is 1.52. The van der Waals surface area contributed by atoms with Crippen LogP contribution in [-0.4, -0.2) is 43.9 Å². The Kier molecular flexibility index (Phi) is 4.52. The van der Waals surface area contributed by atoms with Gasteiger partial charge in [0.15, 0.2) is 5.69 Å². The summed E-state index contributed by atoms with van der Waals surface area (Å²) in [6.45, 7) is 1.42. The third-order valence-corrected chi connectivity index (χ3v) is 3.99. The van der Waals surface area contributed by atoms with Crippen molar-refractivity contribution < 1.29 is 22.6 Å². The zero-order valence-electron chi connectivity index (χ0n) is 14.0. The molecule has 1 atom stereocenters. The van der Waals surface area contributed by atoms with Crippen molar-refractivity contribution in [3.63, 3.8) is 0 Å². The fourth-order valence-corrected chi connectivity index (χ4v) is 2.68. The van der Waals surface area contributed by atoms with Crippen molar-refractivity contribution in [1.82, 2.24) is 24.6 Å². The lowest BCUT2D eigenvalue weighted by molar-refractivity contribution is -0.141. The van der Waals surface area contributed by atoms with E-state index in [0.29, 0.717) is 19.1 Å². The molecule has 4 rings (SSSR count). The number of pyridine rings is 1. The summed E-state index contributed by atoms with van der Waals surface area (Å²) < 4.78 is 51.3. The van der Waals surface area contributed by atoms with Gasteiger partial charge < -0.3 is 14.8 Å². The Hall–Kier alpha value is -2.95. The SMILES string of the molecule is FC(F)(F)c1cc(NCc2ccnc(OC3CCOC3)c2)n2ncnc2n1. The molecule has 0 aliphatic carbocycles. The summed E-state index contributed by atoms with van der Waals surface area (Å²) in [6, 6.07) is 4.38. The molecule has 142 valence electrons. The summed E-state index contributed by atoms with van der Waals surface area (Å²) in [7, 11) is 0. The highest BCUT2D eigenvalue weighted by Gasteiger charge is 2.34. The maximum atomic E-state index is 13.0. The van der Waals surface area contributed by atoms with Crippen LogP contribution in [-0.2, 0) is 17.5 Å². The van der Waals surface area contributed by atoms with Crippen LogP contribution in [0.1, 0.15) is 17.7 Å². The average molecular weight is 380 g/mol. The van der Waals surface area contributed by atoms with Gasteiger partial charge in [-0.3, -0.25) is 0 Å². The number of hydrogen-bond donors (Lipinski definition) is 1. The van der Waals surface area contributed by atoms with Gasteiger partial charge in [-0.15, -0.1) is 0 Å². The number of alkyl halides is 3. The van der Waals surface area contributed by atoms with E-state index in [2.05, 4.69) is 25.4 Å². The second kappa shape index (κ2) is 6.99. The van der Waals surface area contributed by atoms with E-state index in [9.17, 15) is 13.2 Å². The molecule has 11 heteroatoms. The van der Waals surface area contributed by atoms with Crippen LogP contribution in [0.15, 0.2) is 30.7 Å². The minimum Gasteiger partial charge on any atom is -0.472 e. The second-order valence-electron chi connectivity index (χ2n) is 5.96. The highest BCUT2D eigenvalue weighted by molar-refractivity contribution is 5.46. The van der Waals surface area contributed by atoms with Gasteiger partial charge in [-0.1, -0.05) is 0 Å². The summed E-state index contributed by atoms with van der Waals surface area (Å²) in [6.07, 6.45) is -1.09. The Morgan fingerprint density at radius 3 is 2.96 bits per heavy atom. The summed E-state index contributed by atoms with van der Waals surface area (Å²) in [5, 5.41) is 6.84. The third kappa shape index (κ3) is 3.92. The zero-order valence-corrected chi connectivity index (χ0v) is 14.0. The first-order valence-corrected chi connectivity index (χ1v) is 8.20. The van der Waals surface area contributed by atoms with Crippen molar-refractivity contribution in [3.05, 3.63) is 42.0 Å². The first-order chi connectivity index (χ1) is 13.0. The van der Waals surface area contributed by atoms with Crippen molar-refractivity contribution in [2.45, 2.75) is 25.2 Å². The normalized spacial score (nSPS) is 17.4. The number of fused-ring (bicyclic) bond motifs is 1. The fourth-order valence-electron chi connectivity index (χ4n) is 2.68. The molecule has 1 N–H and O–H groups in total. The Bertz CT molecular complexity index is 939. The van der Waals surface area contributed by atoms with Crippen LogP contribution in [0.5, 0.6) is 5.88 Å². The smallest absolute Gasteiger partial charge is 0.433 e. The van der Waals surface area contributed by atoms with Crippen LogP contribution in [0.3, 0.4) is 0 Å². The van der Waals surface area contributed by atoms with E-state index in [1.165, 1.54) is 4.52 Å². The first kappa shape index (κ1) is 17.5. The largest absolute Gasteiger partial charge is 0.472 e. The topological polar surface area (TPSA) is 86.5 Å². The molecule has 0 bridgehead atoms. The van der Waals surface area contributed by atoms with Gasteiger partial charge in [0.25, 0.3) is 5.78 Å². The summed E-state index contributed by atoms with van der Waals surface area (Å²) in [5.74, 6) is 0.446. The number of nitrogens with zero attached hydrogens (tertiary/aromatic N) is 5. The van der Waals surface area contributed by atoms with Crippen LogP contribution >= 0.6 is 0 Å². The number of rotatable bonds is 5. The van der Waals surface area contributed by atoms with Gasteiger partial charge in [0.2, 0.25) is 5.88 Å². The van der Waals surface area contributed by atoms with Gasteiger partial charge in [-0.05, 0) is 11.6 Å². The molecule has 0 saturated carbocycles. The molecule has 8 nitrogen and oxygen atoms in total. The maximum absolute atomic E-state index is 13.0. The van der Waals surface area contributed by atoms with Crippen molar-refractivity contribution in [3.8, 4) is 5.88 Å². The molecule has 0 aromatic carbocycles. The molecule has 1 aliphatic rings. The Morgan fingerprint density at radius 1 is 1.30 bits per heavy atom. The third-order valence-electron chi connectivity index (χ3n) is 3.99. The zero-order chi connectivity index (χ0) is 18.9. The lowest BCUT2D eigenvalue weighted by Gasteiger charge is -2.13. The van der Waals surface area contributed by atoms with E-state index in [4.69, 9.17) is 9.47 Å². The summed E-state index contributed by atoms with van der Waals surface area (Å²) in [4.78, 5) is 11.4. The quantitative estimate of drug-likeness (QED) is 0.727. The molecule has 1 saturated heterocycles. The minimum absolute atomic E-state index is 0.0370. The number of aromatic nitrogens is 5. The fraction of sp³-hybridized carbons (Fsp3) is 0.375. The van der Waals surface area contributed by atoms with E-state index in [1.54, 1.807) is 18.3 Å².